The van der Waals surface area contributed by atoms with Crippen molar-refractivity contribution in [3.63, 3.8) is 0 Å². The molecule has 0 heterocycles. The van der Waals surface area contributed by atoms with Crippen LogP contribution in [0.2, 0.25) is 0 Å². The molecule has 16 heavy (non-hydrogen) atoms. The summed E-state index contributed by atoms with van der Waals surface area (Å²) in [5.74, 6) is -0.540. The third-order valence-electron chi connectivity index (χ3n) is 3.34. The van der Waals surface area contributed by atoms with Gasteiger partial charge in [0.2, 0.25) is 5.91 Å². The molecule has 1 atom stereocenters. The summed E-state index contributed by atoms with van der Waals surface area (Å²) in [6.45, 7) is 2.71. The van der Waals surface area contributed by atoms with Crippen LogP contribution in [0.3, 0.4) is 0 Å². The van der Waals surface area contributed by atoms with Gasteiger partial charge in [-0.1, -0.05) is 32.6 Å². The molecular weight excluding hydrogens is 204 g/mol. The van der Waals surface area contributed by atoms with Gasteiger partial charge in [0.1, 0.15) is 0 Å². The van der Waals surface area contributed by atoms with Gasteiger partial charge in [0.15, 0.2) is 0 Å². The predicted molar refractivity (Wildman–Crippen MR) is 63.8 cm³/mol. The number of ether oxygens (including phenoxy) is 1. The second kappa shape index (κ2) is 6.21. The maximum absolute atomic E-state index is 10.8. The van der Waals surface area contributed by atoms with E-state index in [-0.39, 0.29) is 17.4 Å². The Morgan fingerprint density at radius 3 is 2.38 bits per heavy atom. The monoisotopic (exact) mass is 228 g/mol. The maximum Gasteiger partial charge on any atom is 0.222 e. The Kier molecular flexibility index (Phi) is 5.22. The normalized spacial score (nSPS) is 22.4. The lowest BCUT2D eigenvalue weighted by molar-refractivity contribution is -0.123. The van der Waals surface area contributed by atoms with Crippen LogP contribution >= 0.6 is 0 Å². The standard InChI is InChI=1S/C12H24N2O2/c1-10(11(13)15)8-16-9-12(14)6-4-2-3-5-7-12/h10H,2-9,14H2,1H3,(H2,13,15). The highest BCUT2D eigenvalue weighted by Gasteiger charge is 2.26. The molecule has 1 rings (SSSR count). The summed E-state index contributed by atoms with van der Waals surface area (Å²) in [6, 6.07) is 0. The zero-order valence-electron chi connectivity index (χ0n) is 10.2. The smallest absolute Gasteiger partial charge is 0.222 e. The van der Waals surface area contributed by atoms with Crippen LogP contribution in [-0.2, 0) is 9.53 Å². The molecular formula is C12H24N2O2. The van der Waals surface area contributed by atoms with Gasteiger partial charge in [-0.2, -0.15) is 0 Å². The van der Waals surface area contributed by atoms with E-state index in [9.17, 15) is 4.79 Å². The topological polar surface area (TPSA) is 78.3 Å². The lowest BCUT2D eigenvalue weighted by Gasteiger charge is -2.28. The third kappa shape index (κ3) is 4.49. The van der Waals surface area contributed by atoms with Crippen molar-refractivity contribution in [1.29, 1.82) is 0 Å². The van der Waals surface area contributed by atoms with E-state index in [0.29, 0.717) is 13.2 Å². The first-order valence-corrected chi connectivity index (χ1v) is 6.19. The van der Waals surface area contributed by atoms with Crippen LogP contribution in [-0.4, -0.2) is 24.7 Å². The summed E-state index contributed by atoms with van der Waals surface area (Å²) >= 11 is 0. The summed E-state index contributed by atoms with van der Waals surface area (Å²) < 4.78 is 5.53. The molecule has 0 spiro atoms. The van der Waals surface area contributed by atoms with E-state index in [1.165, 1.54) is 25.7 Å². The minimum atomic E-state index is -0.313. The summed E-state index contributed by atoms with van der Waals surface area (Å²) in [4.78, 5) is 10.8. The number of rotatable bonds is 5. The van der Waals surface area contributed by atoms with Gasteiger partial charge >= 0.3 is 0 Å². The zero-order chi connectivity index (χ0) is 12.0. The minimum absolute atomic E-state index is 0.187. The number of nitrogens with two attached hydrogens (primary N) is 2. The molecule has 1 saturated carbocycles. The van der Waals surface area contributed by atoms with Crippen molar-refractivity contribution >= 4 is 5.91 Å². The Hall–Kier alpha value is -0.610. The largest absolute Gasteiger partial charge is 0.379 e. The summed E-state index contributed by atoms with van der Waals surface area (Å²) in [5, 5.41) is 0. The molecule has 0 aromatic carbocycles. The molecule has 0 aromatic heterocycles. The van der Waals surface area contributed by atoms with Crippen molar-refractivity contribution < 1.29 is 9.53 Å². The fourth-order valence-electron chi connectivity index (χ4n) is 2.10. The van der Waals surface area contributed by atoms with E-state index in [1.807, 2.05) is 0 Å². The average molecular weight is 228 g/mol. The van der Waals surface area contributed by atoms with Gasteiger partial charge in [-0.05, 0) is 12.8 Å². The number of hydrogen-bond acceptors (Lipinski definition) is 3. The van der Waals surface area contributed by atoms with Crippen LogP contribution in [0, 0.1) is 5.92 Å². The van der Waals surface area contributed by atoms with Gasteiger partial charge in [0.05, 0.1) is 19.1 Å². The first-order valence-electron chi connectivity index (χ1n) is 6.19. The quantitative estimate of drug-likeness (QED) is 0.693. The van der Waals surface area contributed by atoms with E-state index in [4.69, 9.17) is 16.2 Å². The molecule has 0 aromatic rings. The van der Waals surface area contributed by atoms with E-state index in [0.717, 1.165) is 12.8 Å². The van der Waals surface area contributed by atoms with E-state index >= 15 is 0 Å². The summed E-state index contributed by atoms with van der Waals surface area (Å²) in [5.41, 5.74) is 11.3. The van der Waals surface area contributed by atoms with Crippen LogP contribution in [0.1, 0.15) is 45.4 Å². The predicted octanol–water partition coefficient (Wildman–Crippen LogP) is 1.18. The molecule has 1 amide bonds. The third-order valence-corrected chi connectivity index (χ3v) is 3.34. The molecule has 1 unspecified atom stereocenters. The van der Waals surface area contributed by atoms with Gasteiger partial charge in [0.25, 0.3) is 0 Å². The summed E-state index contributed by atoms with van der Waals surface area (Å²) in [6.07, 6.45) is 6.97. The van der Waals surface area contributed by atoms with Crippen molar-refractivity contribution in [2.75, 3.05) is 13.2 Å². The van der Waals surface area contributed by atoms with Crippen LogP contribution in [0.25, 0.3) is 0 Å². The van der Waals surface area contributed by atoms with Gasteiger partial charge in [-0.3, -0.25) is 4.79 Å². The zero-order valence-corrected chi connectivity index (χ0v) is 10.2. The van der Waals surface area contributed by atoms with Crippen LogP contribution < -0.4 is 11.5 Å². The highest BCUT2D eigenvalue weighted by atomic mass is 16.5. The molecule has 1 aliphatic rings. The van der Waals surface area contributed by atoms with Gasteiger partial charge in [-0.25, -0.2) is 0 Å². The first-order chi connectivity index (χ1) is 7.53. The molecule has 0 aliphatic heterocycles. The number of amides is 1. The second-order valence-electron chi connectivity index (χ2n) is 5.10. The molecule has 1 fully saturated rings. The van der Waals surface area contributed by atoms with Crippen LogP contribution in [0.5, 0.6) is 0 Å². The molecule has 1 aliphatic carbocycles. The second-order valence-corrected chi connectivity index (χ2v) is 5.10. The molecule has 4 heteroatoms. The van der Waals surface area contributed by atoms with Gasteiger partial charge in [0, 0.05) is 5.54 Å². The van der Waals surface area contributed by atoms with Crippen LogP contribution in [0.4, 0.5) is 0 Å². The Balaban J connectivity index is 2.26. The Morgan fingerprint density at radius 2 is 1.88 bits per heavy atom. The lowest BCUT2D eigenvalue weighted by atomic mass is 9.92. The van der Waals surface area contributed by atoms with Crippen molar-refractivity contribution in [3.05, 3.63) is 0 Å². The number of carbonyl (C=O) groups excluding carboxylic acids is 1. The Morgan fingerprint density at radius 1 is 1.31 bits per heavy atom. The number of primary amides is 1. The van der Waals surface area contributed by atoms with Crippen LogP contribution in [0.15, 0.2) is 0 Å². The van der Waals surface area contributed by atoms with Crippen molar-refractivity contribution in [2.45, 2.75) is 51.0 Å². The highest BCUT2D eigenvalue weighted by Crippen LogP contribution is 2.25. The van der Waals surface area contributed by atoms with E-state index < -0.39 is 0 Å². The lowest BCUT2D eigenvalue weighted by Crippen LogP contribution is -2.44. The molecule has 94 valence electrons. The van der Waals surface area contributed by atoms with Crippen molar-refractivity contribution in [2.24, 2.45) is 17.4 Å². The molecule has 4 nitrogen and oxygen atoms in total. The fourth-order valence-corrected chi connectivity index (χ4v) is 2.10. The Labute approximate surface area is 97.7 Å². The molecule has 0 radical (unpaired) electrons. The SMILES string of the molecule is CC(COCC1(N)CCCCCC1)C(N)=O. The number of carbonyl (C=O) groups is 1. The maximum atomic E-state index is 10.8. The van der Waals surface area contributed by atoms with Gasteiger partial charge < -0.3 is 16.2 Å². The van der Waals surface area contributed by atoms with E-state index in [2.05, 4.69) is 0 Å². The summed E-state index contributed by atoms with van der Waals surface area (Å²) in [7, 11) is 0. The molecule has 4 N–H and O–H groups in total. The Bertz CT molecular complexity index is 223. The molecule has 0 saturated heterocycles. The van der Waals surface area contributed by atoms with Crippen molar-refractivity contribution in [1.82, 2.24) is 0 Å². The minimum Gasteiger partial charge on any atom is -0.379 e. The van der Waals surface area contributed by atoms with Gasteiger partial charge in [-0.15, -0.1) is 0 Å². The molecule has 0 bridgehead atoms. The highest BCUT2D eigenvalue weighted by molar-refractivity contribution is 5.76. The number of hydrogen-bond donors (Lipinski definition) is 2. The average Bonchev–Trinajstić information content (AvgIpc) is 2.43. The first kappa shape index (κ1) is 13.5. The van der Waals surface area contributed by atoms with E-state index in [1.54, 1.807) is 6.92 Å². The fraction of sp³-hybridized carbons (Fsp3) is 0.917. The van der Waals surface area contributed by atoms with Crippen molar-refractivity contribution in [3.8, 4) is 0 Å².